The van der Waals surface area contributed by atoms with Crippen molar-refractivity contribution in [1.29, 1.82) is 0 Å². The van der Waals surface area contributed by atoms with Crippen LogP contribution in [0.5, 0.6) is 0 Å². The molecule has 0 radical (unpaired) electrons. The standard InChI is InChI=1S/C12H14BrNO3S/c1-14(11(15)7-18-8-12(16)17)6-9-2-4-10(13)5-3-9/h2-5H,6-8H2,1H3,(H,16,17). The van der Waals surface area contributed by atoms with Crippen molar-refractivity contribution in [1.82, 2.24) is 4.90 Å². The second-order valence-electron chi connectivity index (χ2n) is 3.76. The topological polar surface area (TPSA) is 57.6 Å². The van der Waals surface area contributed by atoms with Crippen molar-refractivity contribution >= 4 is 39.6 Å². The number of hydrogen-bond acceptors (Lipinski definition) is 3. The zero-order valence-corrected chi connectivity index (χ0v) is 12.3. The Balaban J connectivity index is 2.39. The van der Waals surface area contributed by atoms with E-state index in [1.165, 1.54) is 0 Å². The molecule has 6 heteroatoms. The maximum Gasteiger partial charge on any atom is 0.313 e. The van der Waals surface area contributed by atoms with Crippen LogP contribution in [-0.4, -0.2) is 40.4 Å². The number of nitrogens with zero attached hydrogens (tertiary/aromatic N) is 1. The van der Waals surface area contributed by atoms with Gasteiger partial charge in [-0.05, 0) is 17.7 Å². The third-order valence-electron chi connectivity index (χ3n) is 2.21. The summed E-state index contributed by atoms with van der Waals surface area (Å²) >= 11 is 4.46. The monoisotopic (exact) mass is 331 g/mol. The highest BCUT2D eigenvalue weighted by molar-refractivity contribution is 9.10. The van der Waals surface area contributed by atoms with Crippen LogP contribution in [0.4, 0.5) is 0 Å². The van der Waals surface area contributed by atoms with Crippen molar-refractivity contribution in [3.8, 4) is 0 Å². The first kappa shape index (κ1) is 15.0. The van der Waals surface area contributed by atoms with Crippen LogP contribution in [0.25, 0.3) is 0 Å². The fourth-order valence-electron chi connectivity index (χ4n) is 1.29. The van der Waals surface area contributed by atoms with Gasteiger partial charge in [-0.3, -0.25) is 9.59 Å². The zero-order valence-electron chi connectivity index (χ0n) is 9.93. The number of halogens is 1. The molecule has 0 aromatic heterocycles. The quantitative estimate of drug-likeness (QED) is 0.868. The van der Waals surface area contributed by atoms with Gasteiger partial charge in [0.1, 0.15) is 0 Å². The van der Waals surface area contributed by atoms with Gasteiger partial charge in [0.25, 0.3) is 0 Å². The maximum atomic E-state index is 11.7. The summed E-state index contributed by atoms with van der Waals surface area (Å²) in [4.78, 5) is 23.6. The largest absolute Gasteiger partial charge is 0.481 e. The minimum atomic E-state index is -0.900. The second-order valence-corrected chi connectivity index (χ2v) is 5.66. The van der Waals surface area contributed by atoms with Gasteiger partial charge in [0.2, 0.25) is 5.91 Å². The van der Waals surface area contributed by atoms with Gasteiger partial charge in [-0.15, -0.1) is 11.8 Å². The lowest BCUT2D eigenvalue weighted by Crippen LogP contribution is -2.28. The highest BCUT2D eigenvalue weighted by Gasteiger charge is 2.10. The van der Waals surface area contributed by atoms with Gasteiger partial charge in [0.05, 0.1) is 11.5 Å². The minimum Gasteiger partial charge on any atom is -0.481 e. The smallest absolute Gasteiger partial charge is 0.313 e. The Morgan fingerprint density at radius 3 is 2.44 bits per heavy atom. The predicted molar refractivity (Wildman–Crippen MR) is 75.6 cm³/mol. The Morgan fingerprint density at radius 2 is 1.89 bits per heavy atom. The third kappa shape index (κ3) is 5.55. The van der Waals surface area contributed by atoms with Crippen molar-refractivity contribution in [2.24, 2.45) is 0 Å². The van der Waals surface area contributed by atoms with E-state index in [0.29, 0.717) is 6.54 Å². The van der Waals surface area contributed by atoms with E-state index in [0.717, 1.165) is 21.8 Å². The van der Waals surface area contributed by atoms with E-state index >= 15 is 0 Å². The van der Waals surface area contributed by atoms with E-state index in [2.05, 4.69) is 15.9 Å². The third-order valence-corrected chi connectivity index (χ3v) is 3.64. The lowest BCUT2D eigenvalue weighted by molar-refractivity contribution is -0.133. The van der Waals surface area contributed by atoms with Gasteiger partial charge in [-0.1, -0.05) is 28.1 Å². The number of carboxylic acid groups (broad SMARTS) is 1. The highest BCUT2D eigenvalue weighted by Crippen LogP contribution is 2.12. The Hall–Kier alpha value is -1.01. The average Bonchev–Trinajstić information content (AvgIpc) is 2.31. The van der Waals surface area contributed by atoms with E-state index in [1.54, 1.807) is 11.9 Å². The number of hydrogen-bond donors (Lipinski definition) is 1. The number of amides is 1. The first-order valence-corrected chi connectivity index (χ1v) is 7.21. The summed E-state index contributed by atoms with van der Waals surface area (Å²) in [5.41, 5.74) is 1.04. The van der Waals surface area contributed by atoms with E-state index < -0.39 is 5.97 Å². The Kier molecular flexibility index (Phi) is 6.21. The van der Waals surface area contributed by atoms with Gasteiger partial charge >= 0.3 is 5.97 Å². The Labute approximate surface area is 118 Å². The minimum absolute atomic E-state index is 0.0438. The molecule has 0 fully saturated rings. The molecule has 0 saturated heterocycles. The first-order valence-electron chi connectivity index (χ1n) is 5.27. The van der Waals surface area contributed by atoms with Crippen molar-refractivity contribution in [3.05, 3.63) is 34.3 Å². The maximum absolute atomic E-state index is 11.7. The molecule has 18 heavy (non-hydrogen) atoms. The molecule has 0 unspecified atom stereocenters. The number of carbonyl (C=O) groups excluding carboxylic acids is 1. The van der Waals surface area contributed by atoms with Crippen LogP contribution in [0.2, 0.25) is 0 Å². The molecule has 1 aromatic carbocycles. The molecule has 0 aliphatic carbocycles. The molecule has 98 valence electrons. The number of rotatable bonds is 6. The van der Waals surface area contributed by atoms with Crippen LogP contribution in [0.15, 0.2) is 28.7 Å². The molecule has 4 nitrogen and oxygen atoms in total. The van der Waals surface area contributed by atoms with Crippen LogP contribution in [-0.2, 0) is 16.1 Å². The lowest BCUT2D eigenvalue weighted by atomic mass is 10.2. The molecular formula is C12H14BrNO3S. The van der Waals surface area contributed by atoms with Crippen molar-refractivity contribution in [3.63, 3.8) is 0 Å². The number of carbonyl (C=O) groups is 2. The molecule has 1 amide bonds. The molecule has 1 aromatic rings. The summed E-state index contributed by atoms with van der Waals surface area (Å²) in [5.74, 6) is -0.815. The van der Waals surface area contributed by atoms with Crippen LogP contribution >= 0.6 is 27.7 Å². The van der Waals surface area contributed by atoms with Crippen LogP contribution in [0, 0.1) is 0 Å². The van der Waals surface area contributed by atoms with E-state index in [4.69, 9.17) is 5.11 Å². The summed E-state index contributed by atoms with van der Waals surface area (Å²) in [5, 5.41) is 8.48. The summed E-state index contributed by atoms with van der Waals surface area (Å²) in [6, 6.07) is 7.73. The number of aliphatic carboxylic acids is 1. The molecule has 0 aliphatic rings. The van der Waals surface area contributed by atoms with Crippen molar-refractivity contribution in [2.45, 2.75) is 6.54 Å². The average molecular weight is 332 g/mol. The van der Waals surface area contributed by atoms with Gasteiger partial charge in [-0.25, -0.2) is 0 Å². The summed E-state index contributed by atoms with van der Waals surface area (Å²) in [7, 11) is 1.71. The summed E-state index contributed by atoms with van der Waals surface area (Å²) < 4.78 is 0.997. The van der Waals surface area contributed by atoms with E-state index in [-0.39, 0.29) is 17.4 Å². The van der Waals surface area contributed by atoms with Gasteiger partial charge in [0, 0.05) is 18.1 Å². The molecule has 0 spiro atoms. The molecule has 0 atom stereocenters. The highest BCUT2D eigenvalue weighted by atomic mass is 79.9. The fourth-order valence-corrected chi connectivity index (χ4v) is 2.22. The molecule has 0 bridgehead atoms. The van der Waals surface area contributed by atoms with Gasteiger partial charge in [-0.2, -0.15) is 0 Å². The van der Waals surface area contributed by atoms with Crippen LogP contribution in [0.3, 0.4) is 0 Å². The molecular weight excluding hydrogens is 318 g/mol. The van der Waals surface area contributed by atoms with Crippen molar-refractivity contribution in [2.75, 3.05) is 18.6 Å². The first-order chi connectivity index (χ1) is 8.49. The zero-order chi connectivity index (χ0) is 13.5. The second kappa shape index (κ2) is 7.43. The SMILES string of the molecule is CN(Cc1ccc(Br)cc1)C(=O)CSCC(=O)O. The van der Waals surface area contributed by atoms with Gasteiger partial charge < -0.3 is 10.0 Å². The molecule has 0 heterocycles. The fraction of sp³-hybridized carbons (Fsp3) is 0.333. The summed E-state index contributed by atoms with van der Waals surface area (Å²) in [6.07, 6.45) is 0. The molecule has 0 aliphatic heterocycles. The van der Waals surface area contributed by atoms with E-state index in [9.17, 15) is 9.59 Å². The lowest BCUT2D eigenvalue weighted by Gasteiger charge is -2.16. The Morgan fingerprint density at radius 1 is 1.28 bits per heavy atom. The van der Waals surface area contributed by atoms with Gasteiger partial charge in [0.15, 0.2) is 0 Å². The number of benzene rings is 1. The molecule has 1 N–H and O–H groups in total. The Bertz CT molecular complexity index is 422. The van der Waals surface area contributed by atoms with Crippen LogP contribution in [0.1, 0.15) is 5.56 Å². The molecule has 1 rings (SSSR count). The van der Waals surface area contributed by atoms with E-state index in [1.807, 2.05) is 24.3 Å². The van der Waals surface area contributed by atoms with Crippen molar-refractivity contribution < 1.29 is 14.7 Å². The summed E-state index contributed by atoms with van der Waals surface area (Å²) in [6.45, 7) is 0.528. The van der Waals surface area contributed by atoms with Crippen LogP contribution < -0.4 is 0 Å². The normalized spacial score (nSPS) is 10.1. The number of thioether (sulfide) groups is 1. The molecule has 0 saturated carbocycles. The number of carboxylic acids is 1. The predicted octanol–water partition coefficient (Wildman–Crippen LogP) is 2.23.